The summed E-state index contributed by atoms with van der Waals surface area (Å²) in [5, 5.41) is 9.06. The predicted octanol–water partition coefficient (Wildman–Crippen LogP) is 2.99. The summed E-state index contributed by atoms with van der Waals surface area (Å²) in [6, 6.07) is 9.37. The molecule has 3 rings (SSSR count). The van der Waals surface area contributed by atoms with Gasteiger partial charge in [0.05, 0.1) is 6.61 Å². The number of hydrogen-bond donors (Lipinski definition) is 1. The molecule has 2 heteroatoms. The summed E-state index contributed by atoms with van der Waals surface area (Å²) >= 11 is 0. The van der Waals surface area contributed by atoms with Crippen LogP contribution in [0.15, 0.2) is 24.3 Å². The topological polar surface area (TPSA) is 23.5 Å². The molecule has 1 aromatic rings. The number of aliphatic hydroxyl groups excluding tert-OH is 1. The van der Waals surface area contributed by atoms with Crippen LogP contribution >= 0.6 is 0 Å². The molecule has 0 radical (unpaired) electrons. The van der Waals surface area contributed by atoms with E-state index in [9.17, 15) is 0 Å². The molecule has 0 unspecified atom stereocenters. The van der Waals surface area contributed by atoms with E-state index in [0.717, 1.165) is 17.5 Å². The van der Waals surface area contributed by atoms with Crippen molar-refractivity contribution in [2.24, 2.45) is 5.92 Å². The number of likely N-dealkylation sites (tertiary alicyclic amines) is 1. The molecule has 1 N–H and O–H groups in total. The lowest BCUT2D eigenvalue weighted by Crippen LogP contribution is -2.31. The molecule has 104 valence electrons. The van der Waals surface area contributed by atoms with E-state index in [-0.39, 0.29) is 6.61 Å². The third-order valence-electron chi connectivity index (χ3n) is 4.89. The van der Waals surface area contributed by atoms with Gasteiger partial charge in [0.15, 0.2) is 0 Å². The highest BCUT2D eigenvalue weighted by molar-refractivity contribution is 5.22. The summed E-state index contributed by atoms with van der Waals surface area (Å²) in [6.07, 6.45) is 8.30. The number of hydrogen-bond acceptors (Lipinski definition) is 2. The first-order chi connectivity index (χ1) is 9.35. The highest BCUT2D eigenvalue weighted by Crippen LogP contribution is 2.29. The summed E-state index contributed by atoms with van der Waals surface area (Å²) in [6.45, 7) is 2.76. The van der Waals surface area contributed by atoms with Crippen molar-refractivity contribution >= 4 is 0 Å². The zero-order valence-corrected chi connectivity index (χ0v) is 11.7. The molecule has 1 aliphatic carbocycles. The van der Waals surface area contributed by atoms with Crippen LogP contribution in [0, 0.1) is 5.92 Å². The lowest BCUT2D eigenvalue weighted by atomic mass is 9.98. The van der Waals surface area contributed by atoms with E-state index in [0.29, 0.717) is 0 Å². The van der Waals surface area contributed by atoms with Crippen molar-refractivity contribution < 1.29 is 5.11 Å². The fourth-order valence-corrected chi connectivity index (χ4v) is 3.74. The summed E-state index contributed by atoms with van der Waals surface area (Å²) < 4.78 is 0. The van der Waals surface area contributed by atoms with Gasteiger partial charge in [-0.1, -0.05) is 37.1 Å². The molecule has 0 spiro atoms. The van der Waals surface area contributed by atoms with E-state index >= 15 is 0 Å². The minimum absolute atomic E-state index is 0.152. The van der Waals surface area contributed by atoms with E-state index in [2.05, 4.69) is 29.2 Å². The Labute approximate surface area is 116 Å². The van der Waals surface area contributed by atoms with Crippen LogP contribution in [0.2, 0.25) is 0 Å². The molecule has 19 heavy (non-hydrogen) atoms. The van der Waals surface area contributed by atoms with Crippen LogP contribution in [-0.4, -0.2) is 29.1 Å². The zero-order chi connectivity index (χ0) is 13.1. The lowest BCUT2D eigenvalue weighted by molar-refractivity contribution is 0.237. The van der Waals surface area contributed by atoms with Gasteiger partial charge in [-0.3, -0.25) is 0 Å². The summed E-state index contributed by atoms with van der Waals surface area (Å²) in [5.41, 5.74) is 2.44. The first-order valence-electron chi connectivity index (χ1n) is 7.78. The third kappa shape index (κ3) is 3.18. The highest BCUT2D eigenvalue weighted by atomic mass is 16.3. The fraction of sp³-hybridized carbons (Fsp3) is 0.647. The van der Waals surface area contributed by atoms with Gasteiger partial charge in [0.2, 0.25) is 0 Å². The maximum Gasteiger partial charge on any atom is 0.0681 e. The Morgan fingerprint density at radius 1 is 1.00 bits per heavy atom. The monoisotopic (exact) mass is 259 g/mol. The molecule has 0 bridgehead atoms. The average Bonchev–Trinajstić information content (AvgIpc) is 3.10. The molecule has 2 aliphatic rings. The van der Waals surface area contributed by atoms with Gasteiger partial charge >= 0.3 is 0 Å². The second-order valence-electron chi connectivity index (χ2n) is 6.27. The van der Waals surface area contributed by atoms with Gasteiger partial charge in [-0.05, 0) is 49.3 Å². The minimum Gasteiger partial charge on any atom is -0.392 e. The second-order valence-corrected chi connectivity index (χ2v) is 6.27. The molecule has 1 aliphatic heterocycles. The standard InChI is InChI=1S/C17H25NO/c19-13-15-7-5-14(6-8-15)11-16-9-10-18(12-16)17-3-1-2-4-17/h5-8,16-17,19H,1-4,9-13H2/t16-/m1/s1. The Hall–Kier alpha value is -0.860. The minimum atomic E-state index is 0.152. The number of benzene rings is 1. The molecule has 0 amide bonds. The Kier molecular flexibility index (Phi) is 4.19. The van der Waals surface area contributed by atoms with Crippen molar-refractivity contribution in [3.05, 3.63) is 35.4 Å². The largest absolute Gasteiger partial charge is 0.392 e. The summed E-state index contributed by atoms with van der Waals surface area (Å²) in [7, 11) is 0. The van der Waals surface area contributed by atoms with Crippen molar-refractivity contribution in [1.29, 1.82) is 0 Å². The van der Waals surface area contributed by atoms with Crippen molar-refractivity contribution in [3.8, 4) is 0 Å². The van der Waals surface area contributed by atoms with Crippen molar-refractivity contribution in [1.82, 2.24) is 4.90 Å². The van der Waals surface area contributed by atoms with E-state index in [4.69, 9.17) is 5.11 Å². The van der Waals surface area contributed by atoms with Crippen LogP contribution in [0.1, 0.15) is 43.2 Å². The van der Waals surface area contributed by atoms with Gasteiger partial charge in [0, 0.05) is 12.6 Å². The van der Waals surface area contributed by atoms with Gasteiger partial charge in [0.1, 0.15) is 0 Å². The molecule has 1 saturated carbocycles. The first kappa shape index (κ1) is 13.1. The van der Waals surface area contributed by atoms with Crippen molar-refractivity contribution in [2.75, 3.05) is 13.1 Å². The number of aliphatic hydroxyl groups is 1. The van der Waals surface area contributed by atoms with Crippen molar-refractivity contribution in [3.63, 3.8) is 0 Å². The maximum absolute atomic E-state index is 9.06. The van der Waals surface area contributed by atoms with Gasteiger partial charge in [0.25, 0.3) is 0 Å². The van der Waals surface area contributed by atoms with Gasteiger partial charge in [-0.2, -0.15) is 0 Å². The normalized spacial score (nSPS) is 25.2. The quantitative estimate of drug-likeness (QED) is 0.898. The number of rotatable bonds is 4. The Morgan fingerprint density at radius 3 is 2.37 bits per heavy atom. The fourth-order valence-electron chi connectivity index (χ4n) is 3.74. The van der Waals surface area contributed by atoms with Gasteiger partial charge in [-0.15, -0.1) is 0 Å². The molecule has 1 aromatic carbocycles. The van der Waals surface area contributed by atoms with Crippen LogP contribution in [0.25, 0.3) is 0 Å². The molecular weight excluding hydrogens is 234 g/mol. The highest BCUT2D eigenvalue weighted by Gasteiger charge is 2.29. The summed E-state index contributed by atoms with van der Waals surface area (Å²) in [4.78, 5) is 2.74. The zero-order valence-electron chi connectivity index (χ0n) is 11.7. The summed E-state index contributed by atoms with van der Waals surface area (Å²) in [5.74, 6) is 0.834. The predicted molar refractivity (Wildman–Crippen MR) is 78.0 cm³/mol. The third-order valence-corrected chi connectivity index (χ3v) is 4.89. The number of nitrogens with zero attached hydrogens (tertiary/aromatic N) is 1. The van der Waals surface area contributed by atoms with Crippen LogP contribution in [0.5, 0.6) is 0 Å². The van der Waals surface area contributed by atoms with E-state index in [1.807, 2.05) is 0 Å². The SMILES string of the molecule is OCc1ccc(C[C@H]2CCN(C3CCCC3)C2)cc1. The molecule has 2 nitrogen and oxygen atoms in total. The van der Waals surface area contributed by atoms with E-state index in [1.165, 1.54) is 57.2 Å². The van der Waals surface area contributed by atoms with Gasteiger partial charge in [-0.25, -0.2) is 0 Å². The molecule has 1 atom stereocenters. The maximum atomic E-state index is 9.06. The Balaban J connectivity index is 1.53. The van der Waals surface area contributed by atoms with Crippen LogP contribution in [0.4, 0.5) is 0 Å². The molecular formula is C17H25NO. The lowest BCUT2D eigenvalue weighted by Gasteiger charge is -2.23. The first-order valence-corrected chi connectivity index (χ1v) is 7.78. The van der Waals surface area contributed by atoms with E-state index < -0.39 is 0 Å². The Morgan fingerprint density at radius 2 is 1.68 bits per heavy atom. The van der Waals surface area contributed by atoms with Crippen LogP contribution in [0.3, 0.4) is 0 Å². The molecule has 1 saturated heterocycles. The average molecular weight is 259 g/mol. The molecule has 0 aromatic heterocycles. The smallest absolute Gasteiger partial charge is 0.0681 e. The van der Waals surface area contributed by atoms with Crippen LogP contribution in [-0.2, 0) is 13.0 Å². The second kappa shape index (κ2) is 6.06. The Bertz CT molecular complexity index is 394. The van der Waals surface area contributed by atoms with Crippen molar-refractivity contribution in [2.45, 2.75) is 51.2 Å². The van der Waals surface area contributed by atoms with E-state index in [1.54, 1.807) is 0 Å². The van der Waals surface area contributed by atoms with Crippen LogP contribution < -0.4 is 0 Å². The molecule has 1 heterocycles. The molecule has 2 fully saturated rings. The van der Waals surface area contributed by atoms with Gasteiger partial charge < -0.3 is 10.0 Å².